The highest BCUT2D eigenvalue weighted by Crippen LogP contribution is 2.28. The standard InChI is InChI=1S/C26H39N9O2S.C22H37N9O.C6H5ClO2S.C2H3ClO/c1-3-31-13-15-33(16-14-31)11-8-12-35-21-27-23-24(34-19-17-32(4-2)18-20-34)28-26(29-25(23)35)30-38(36,37)22-9-6-5-7-10-22;1-4-27-9-11-29(12-10-27)7-6-8-31-17-23-19-20(30-15-13-28(5-2)14-16-30)25-22(24-18(3)32)26-21(19)31;7-10(8,9)6-4-2-1-3-5-6;1-2(3)4/h5-7,9-10,21H,3-4,8,11-20H2,1-2H3,(H,28,29,30);17H,4-16H2,1-3H3,(H,24,25,26,32);1-5H;1H3. The molecule has 0 saturated carbocycles. The van der Waals surface area contributed by atoms with Gasteiger partial charge in [0.05, 0.1) is 22.4 Å². The van der Waals surface area contributed by atoms with E-state index in [1.54, 1.807) is 48.5 Å². The summed E-state index contributed by atoms with van der Waals surface area (Å²) in [5, 5.41) is 2.42. The number of hydrogen-bond donors (Lipinski definition) is 2. The van der Waals surface area contributed by atoms with Crippen LogP contribution in [0.4, 0.5) is 23.5 Å². The lowest BCUT2D eigenvalue weighted by molar-refractivity contribution is -0.114. The van der Waals surface area contributed by atoms with E-state index < -0.39 is 19.1 Å². The van der Waals surface area contributed by atoms with Crippen LogP contribution in [0, 0.1) is 0 Å². The van der Waals surface area contributed by atoms with Gasteiger partial charge in [-0.3, -0.25) is 14.9 Å². The van der Waals surface area contributed by atoms with Gasteiger partial charge in [-0.2, -0.15) is 19.9 Å². The number of amides is 1. The average Bonchev–Trinajstić information content (AvgIpc) is 3.57. The molecular formula is C56H84Cl2N18O6S2. The van der Waals surface area contributed by atoms with Crippen LogP contribution < -0.4 is 19.8 Å². The lowest BCUT2D eigenvalue weighted by atomic mass is 10.3. The van der Waals surface area contributed by atoms with E-state index in [4.69, 9.17) is 15.7 Å². The Morgan fingerprint density at radius 2 is 0.833 bits per heavy atom. The first-order valence-electron chi connectivity index (χ1n) is 29.2. The van der Waals surface area contributed by atoms with Gasteiger partial charge in [0.15, 0.2) is 34.0 Å². The van der Waals surface area contributed by atoms with Gasteiger partial charge in [-0.1, -0.05) is 64.1 Å². The maximum atomic E-state index is 13.1. The molecule has 460 valence electrons. The Morgan fingerprint density at radius 3 is 1.19 bits per heavy atom. The molecule has 0 bridgehead atoms. The van der Waals surface area contributed by atoms with E-state index in [9.17, 15) is 26.4 Å². The monoisotopic (exact) mass is 1240 g/mol. The van der Waals surface area contributed by atoms with E-state index in [-0.39, 0.29) is 26.9 Å². The number of rotatable bonds is 19. The second kappa shape index (κ2) is 32.2. The van der Waals surface area contributed by atoms with Crippen molar-refractivity contribution in [3.8, 4) is 0 Å². The Hall–Kier alpha value is -5.68. The number of aromatic nitrogens is 8. The van der Waals surface area contributed by atoms with E-state index in [1.807, 2.05) is 17.2 Å². The zero-order valence-electron chi connectivity index (χ0n) is 49.5. The lowest BCUT2D eigenvalue weighted by Crippen LogP contribution is -2.46. The van der Waals surface area contributed by atoms with Gasteiger partial charge < -0.3 is 48.3 Å². The number of piperazine rings is 4. The molecule has 0 spiro atoms. The number of benzene rings is 2. The fourth-order valence-electron chi connectivity index (χ4n) is 10.4. The summed E-state index contributed by atoms with van der Waals surface area (Å²) >= 11 is 4.64. The summed E-state index contributed by atoms with van der Waals surface area (Å²) in [4.78, 5) is 68.6. The molecule has 0 unspecified atom stereocenters. The number of halogens is 2. The van der Waals surface area contributed by atoms with Gasteiger partial charge in [-0.25, -0.2) is 31.5 Å². The number of sulfonamides is 1. The van der Waals surface area contributed by atoms with E-state index in [0.29, 0.717) is 22.9 Å². The molecule has 24 nitrogen and oxygen atoms in total. The molecule has 2 aromatic carbocycles. The molecule has 6 aromatic rings. The summed E-state index contributed by atoms with van der Waals surface area (Å²) in [6, 6.07) is 16.2. The first-order chi connectivity index (χ1) is 40.4. The van der Waals surface area contributed by atoms with Crippen molar-refractivity contribution in [1.29, 1.82) is 0 Å². The first-order valence-corrected chi connectivity index (χ1v) is 33.4. The van der Waals surface area contributed by atoms with Gasteiger partial charge in [-0.15, -0.1) is 0 Å². The third-order valence-corrected chi connectivity index (χ3v) is 18.0. The highest BCUT2D eigenvalue weighted by atomic mass is 35.7. The number of anilines is 4. The Morgan fingerprint density at radius 1 is 0.488 bits per heavy atom. The van der Waals surface area contributed by atoms with Crippen molar-refractivity contribution in [2.75, 3.05) is 164 Å². The number of fused-ring (bicyclic) bond motifs is 2. The van der Waals surface area contributed by atoms with Crippen LogP contribution in [0.1, 0.15) is 54.4 Å². The van der Waals surface area contributed by atoms with Crippen LogP contribution in [0.3, 0.4) is 0 Å². The second-order valence-electron chi connectivity index (χ2n) is 20.9. The maximum Gasteiger partial charge on any atom is 0.264 e. The number of carbonyl (C=O) groups is 2. The molecule has 0 radical (unpaired) electrons. The highest BCUT2D eigenvalue weighted by molar-refractivity contribution is 8.13. The fraction of sp³-hybridized carbons (Fsp3) is 0.571. The van der Waals surface area contributed by atoms with Gasteiger partial charge in [0.2, 0.25) is 23.0 Å². The lowest BCUT2D eigenvalue weighted by Gasteiger charge is -2.34. The molecule has 28 heteroatoms. The summed E-state index contributed by atoms with van der Waals surface area (Å²) in [6.07, 6.45) is 5.70. The summed E-state index contributed by atoms with van der Waals surface area (Å²) in [6.45, 7) is 35.9. The summed E-state index contributed by atoms with van der Waals surface area (Å²) in [7, 11) is -2.32. The zero-order chi connectivity index (χ0) is 60.2. The minimum Gasteiger partial charge on any atom is -0.352 e. The largest absolute Gasteiger partial charge is 0.352 e. The minimum atomic E-state index is -3.82. The molecule has 4 aliphatic rings. The number of carbonyl (C=O) groups excluding carboxylic acids is 2. The number of nitrogens with zero attached hydrogens (tertiary/aromatic N) is 16. The molecule has 0 atom stereocenters. The smallest absolute Gasteiger partial charge is 0.264 e. The normalized spacial score (nSPS) is 17.2. The van der Waals surface area contributed by atoms with Crippen LogP contribution in [-0.4, -0.2) is 240 Å². The number of aryl methyl sites for hydroxylation is 2. The number of hydrogen-bond acceptors (Lipinski definition) is 20. The van der Waals surface area contributed by atoms with Crippen LogP contribution in [0.5, 0.6) is 0 Å². The molecule has 84 heavy (non-hydrogen) atoms. The van der Waals surface area contributed by atoms with Crippen LogP contribution >= 0.6 is 22.3 Å². The number of nitrogens with one attached hydrogen (secondary N) is 2. The molecule has 4 aromatic heterocycles. The number of imidazole rings is 2. The zero-order valence-corrected chi connectivity index (χ0v) is 52.6. The third-order valence-electron chi connectivity index (χ3n) is 15.3. The molecule has 4 fully saturated rings. The Bertz CT molecular complexity index is 3240. The second-order valence-corrected chi connectivity index (χ2v) is 25.7. The van der Waals surface area contributed by atoms with Crippen LogP contribution in [0.15, 0.2) is 83.1 Å². The van der Waals surface area contributed by atoms with Crippen molar-refractivity contribution in [2.24, 2.45) is 0 Å². The molecule has 4 saturated heterocycles. The van der Waals surface area contributed by atoms with Crippen molar-refractivity contribution in [3.05, 3.63) is 73.3 Å². The molecule has 4 aliphatic heterocycles. The summed E-state index contributed by atoms with van der Waals surface area (Å²) in [5.41, 5.74) is 3.00. The van der Waals surface area contributed by atoms with E-state index in [1.165, 1.54) is 26.0 Å². The topological polar surface area (TPSA) is 240 Å². The molecule has 8 heterocycles. The Labute approximate surface area is 505 Å². The first kappa shape index (κ1) is 65.9. The van der Waals surface area contributed by atoms with Gasteiger partial charge in [0, 0.05) is 142 Å². The molecule has 10 rings (SSSR count). The predicted octanol–water partition coefficient (Wildman–Crippen LogP) is 5.14. The summed E-state index contributed by atoms with van der Waals surface area (Å²) in [5.74, 6) is 1.78. The molecular weight excluding hydrogens is 1160 g/mol. The van der Waals surface area contributed by atoms with Crippen LogP contribution in [-0.2, 0) is 41.8 Å². The van der Waals surface area contributed by atoms with Crippen molar-refractivity contribution in [3.63, 3.8) is 0 Å². The third kappa shape index (κ3) is 19.4. The Kier molecular flexibility index (Phi) is 25.2. The SMILES string of the molecule is CC(=O)Cl.CCN1CCN(CCCn2cnc3c(N4CCN(CC)CC4)nc(NC(C)=O)nc32)CC1.CCN1CCN(CCCn2cnc3c(N4CCN(CC)CC4)nc(NS(=O)(=O)c4ccccc4)nc32)CC1.O=S(=O)(Cl)c1ccccc1. The van der Waals surface area contributed by atoms with Crippen LogP contribution in [0.2, 0.25) is 0 Å². The maximum absolute atomic E-state index is 13.1. The van der Waals surface area contributed by atoms with Crippen molar-refractivity contribution < 1.29 is 26.4 Å². The Balaban J connectivity index is 0.000000198. The van der Waals surface area contributed by atoms with Gasteiger partial charge in [0.1, 0.15) is 0 Å². The van der Waals surface area contributed by atoms with E-state index in [0.717, 1.165) is 187 Å². The minimum absolute atomic E-state index is 0.0757. The highest BCUT2D eigenvalue weighted by Gasteiger charge is 2.27. The van der Waals surface area contributed by atoms with Gasteiger partial charge in [-0.05, 0) is 88.0 Å². The molecule has 2 N–H and O–H groups in total. The average molecular weight is 1240 g/mol. The quantitative estimate of drug-likeness (QED) is 0.0999. The van der Waals surface area contributed by atoms with Crippen molar-refractivity contribution in [2.45, 2.75) is 77.3 Å². The van der Waals surface area contributed by atoms with Gasteiger partial charge >= 0.3 is 0 Å². The van der Waals surface area contributed by atoms with Crippen molar-refractivity contribution in [1.82, 2.24) is 68.4 Å². The predicted molar refractivity (Wildman–Crippen MR) is 333 cm³/mol. The molecule has 1 amide bonds. The molecule has 0 aliphatic carbocycles. The van der Waals surface area contributed by atoms with Crippen molar-refractivity contribution >= 4 is 98.4 Å². The van der Waals surface area contributed by atoms with E-state index in [2.05, 4.69) is 118 Å². The fourth-order valence-corrected chi connectivity index (χ4v) is 12.1. The van der Waals surface area contributed by atoms with Gasteiger partial charge in [0.25, 0.3) is 19.1 Å². The number of likely N-dealkylation sites (N-methyl/N-ethyl adjacent to an activating group) is 4. The van der Waals surface area contributed by atoms with E-state index >= 15 is 0 Å². The summed E-state index contributed by atoms with van der Waals surface area (Å²) < 4.78 is 54.1. The van der Waals surface area contributed by atoms with Crippen LogP contribution in [0.25, 0.3) is 22.3 Å².